The summed E-state index contributed by atoms with van der Waals surface area (Å²) in [6.45, 7) is 0. The zero-order chi connectivity index (χ0) is 10.8. The Labute approximate surface area is 92.1 Å². The predicted molar refractivity (Wildman–Crippen MR) is 57.4 cm³/mol. The number of hydrogen-bond donors (Lipinski definition) is 1. The summed E-state index contributed by atoms with van der Waals surface area (Å²) in [4.78, 5) is 19.0. The first-order chi connectivity index (χ1) is 7.22. The Bertz CT molecular complexity index is 389. The molecule has 0 aliphatic heterocycles. The zero-order valence-electron chi connectivity index (χ0n) is 8.49. The minimum Gasteiger partial charge on any atom is -0.475 e. The number of hydrogen-bond acceptors (Lipinski definition) is 4. The number of thioether (sulfide) groups is 1. The molecule has 1 aromatic rings. The van der Waals surface area contributed by atoms with Crippen molar-refractivity contribution in [2.24, 2.45) is 0 Å². The third kappa shape index (κ3) is 1.97. The van der Waals surface area contributed by atoms with Crippen molar-refractivity contribution in [1.29, 1.82) is 0 Å². The van der Waals surface area contributed by atoms with Gasteiger partial charge in [0.25, 0.3) is 0 Å². The monoisotopic (exact) mass is 224 g/mol. The van der Waals surface area contributed by atoms with Gasteiger partial charge in [-0.3, -0.25) is 0 Å². The van der Waals surface area contributed by atoms with E-state index >= 15 is 0 Å². The van der Waals surface area contributed by atoms with Crippen molar-refractivity contribution in [1.82, 2.24) is 9.97 Å². The number of carbonyl (C=O) groups is 1. The molecule has 1 aromatic heterocycles. The Morgan fingerprint density at radius 3 is 2.73 bits per heavy atom. The molecule has 5 heteroatoms. The fourth-order valence-corrected chi connectivity index (χ4v) is 2.47. The molecule has 1 heterocycles. The van der Waals surface area contributed by atoms with Gasteiger partial charge in [0, 0.05) is 11.3 Å². The Balaban J connectivity index is 2.52. The Kier molecular flexibility index (Phi) is 2.90. The first kappa shape index (κ1) is 10.4. The molecule has 0 aromatic carbocycles. The molecule has 15 heavy (non-hydrogen) atoms. The zero-order valence-corrected chi connectivity index (χ0v) is 9.30. The lowest BCUT2D eigenvalue weighted by Gasteiger charge is -2.17. The average molecular weight is 224 g/mol. The largest absolute Gasteiger partial charge is 0.475 e. The van der Waals surface area contributed by atoms with Crippen molar-refractivity contribution in [3.05, 3.63) is 17.1 Å². The van der Waals surface area contributed by atoms with Crippen molar-refractivity contribution in [3.8, 4) is 0 Å². The number of aryl methyl sites for hydroxylation is 1. The van der Waals surface area contributed by atoms with Gasteiger partial charge in [0.1, 0.15) is 5.03 Å². The van der Waals surface area contributed by atoms with Gasteiger partial charge in [-0.05, 0) is 31.9 Å². The van der Waals surface area contributed by atoms with Gasteiger partial charge in [0.2, 0.25) is 5.82 Å². The van der Waals surface area contributed by atoms with E-state index in [0.717, 1.165) is 42.0 Å². The molecular formula is C10H12N2O2S. The van der Waals surface area contributed by atoms with Crippen LogP contribution in [0.2, 0.25) is 0 Å². The standard InChI is InChI=1S/C10H12N2O2S/c1-15-9-6-4-2-3-5-7(6)11-8(12-9)10(13)14/h2-5H2,1H3,(H,13,14). The van der Waals surface area contributed by atoms with Gasteiger partial charge in [-0.2, -0.15) is 0 Å². The number of nitrogens with zero attached hydrogens (tertiary/aromatic N) is 2. The van der Waals surface area contributed by atoms with E-state index in [-0.39, 0.29) is 5.82 Å². The van der Waals surface area contributed by atoms with Gasteiger partial charge in [-0.25, -0.2) is 14.8 Å². The number of fused-ring (bicyclic) bond motifs is 1. The number of carboxylic acid groups (broad SMARTS) is 1. The maximum absolute atomic E-state index is 10.8. The lowest BCUT2D eigenvalue weighted by atomic mass is 9.97. The van der Waals surface area contributed by atoms with Crippen LogP contribution in [0, 0.1) is 0 Å². The van der Waals surface area contributed by atoms with Crippen LogP contribution in [0.3, 0.4) is 0 Å². The molecule has 0 amide bonds. The normalized spacial score (nSPS) is 14.7. The first-order valence-corrected chi connectivity index (χ1v) is 6.12. The summed E-state index contributed by atoms with van der Waals surface area (Å²) in [5.74, 6) is -1.11. The van der Waals surface area contributed by atoms with Crippen LogP contribution in [0.15, 0.2) is 5.03 Å². The van der Waals surface area contributed by atoms with Crippen LogP contribution in [0.5, 0.6) is 0 Å². The molecule has 0 saturated carbocycles. The van der Waals surface area contributed by atoms with E-state index < -0.39 is 5.97 Å². The van der Waals surface area contributed by atoms with E-state index in [4.69, 9.17) is 5.11 Å². The third-order valence-electron chi connectivity index (χ3n) is 2.53. The Morgan fingerprint density at radius 2 is 2.07 bits per heavy atom. The highest BCUT2D eigenvalue weighted by Crippen LogP contribution is 2.27. The second kappa shape index (κ2) is 4.18. The second-order valence-electron chi connectivity index (χ2n) is 3.49. The number of aromatic nitrogens is 2. The molecule has 2 rings (SSSR count). The third-order valence-corrected chi connectivity index (χ3v) is 3.25. The van der Waals surface area contributed by atoms with Crippen LogP contribution >= 0.6 is 11.8 Å². The summed E-state index contributed by atoms with van der Waals surface area (Å²) in [5, 5.41) is 9.70. The lowest BCUT2D eigenvalue weighted by molar-refractivity contribution is 0.0682. The topological polar surface area (TPSA) is 63.1 Å². The quantitative estimate of drug-likeness (QED) is 0.612. The molecule has 1 aliphatic rings. The molecule has 4 nitrogen and oxygen atoms in total. The fourth-order valence-electron chi connectivity index (χ4n) is 1.82. The van der Waals surface area contributed by atoms with E-state index in [0.29, 0.717) is 0 Å². The van der Waals surface area contributed by atoms with Crippen molar-refractivity contribution in [3.63, 3.8) is 0 Å². The highest BCUT2D eigenvalue weighted by molar-refractivity contribution is 7.98. The Hall–Kier alpha value is -1.10. The first-order valence-electron chi connectivity index (χ1n) is 4.89. The van der Waals surface area contributed by atoms with Gasteiger partial charge in [0.15, 0.2) is 0 Å². The molecule has 0 atom stereocenters. The maximum atomic E-state index is 10.8. The highest BCUT2D eigenvalue weighted by atomic mass is 32.2. The maximum Gasteiger partial charge on any atom is 0.373 e. The van der Waals surface area contributed by atoms with E-state index in [2.05, 4.69) is 9.97 Å². The van der Waals surface area contributed by atoms with Crippen molar-refractivity contribution < 1.29 is 9.90 Å². The highest BCUT2D eigenvalue weighted by Gasteiger charge is 2.19. The van der Waals surface area contributed by atoms with E-state index in [1.165, 1.54) is 11.8 Å². The molecule has 0 bridgehead atoms. The van der Waals surface area contributed by atoms with Crippen LogP contribution in [-0.4, -0.2) is 27.3 Å². The van der Waals surface area contributed by atoms with Crippen LogP contribution in [0.1, 0.15) is 34.7 Å². The summed E-state index contributed by atoms with van der Waals surface area (Å²) < 4.78 is 0. The Morgan fingerprint density at radius 1 is 1.33 bits per heavy atom. The molecule has 1 aliphatic carbocycles. The summed E-state index contributed by atoms with van der Waals surface area (Å²) in [7, 11) is 0. The molecule has 0 unspecified atom stereocenters. The second-order valence-corrected chi connectivity index (χ2v) is 4.29. The van der Waals surface area contributed by atoms with Crippen molar-refractivity contribution in [2.75, 3.05) is 6.26 Å². The minimum absolute atomic E-state index is 0.0694. The minimum atomic E-state index is -1.04. The van der Waals surface area contributed by atoms with Crippen LogP contribution < -0.4 is 0 Å². The molecule has 0 saturated heterocycles. The van der Waals surface area contributed by atoms with Crippen molar-refractivity contribution in [2.45, 2.75) is 30.7 Å². The van der Waals surface area contributed by atoms with Gasteiger partial charge in [-0.15, -0.1) is 11.8 Å². The number of rotatable bonds is 2. The smallest absolute Gasteiger partial charge is 0.373 e. The summed E-state index contributed by atoms with van der Waals surface area (Å²) >= 11 is 1.50. The van der Waals surface area contributed by atoms with E-state index in [9.17, 15) is 4.79 Å². The lowest BCUT2D eigenvalue weighted by Crippen LogP contribution is -2.14. The number of carboxylic acids is 1. The summed E-state index contributed by atoms with van der Waals surface area (Å²) in [6, 6.07) is 0. The SMILES string of the molecule is CSc1nc(C(=O)O)nc2c1CCCC2. The fraction of sp³-hybridized carbons (Fsp3) is 0.500. The van der Waals surface area contributed by atoms with Crippen LogP contribution in [-0.2, 0) is 12.8 Å². The average Bonchev–Trinajstić information content (AvgIpc) is 2.27. The van der Waals surface area contributed by atoms with E-state index in [1.54, 1.807) is 0 Å². The van der Waals surface area contributed by atoms with Gasteiger partial charge < -0.3 is 5.11 Å². The molecule has 0 fully saturated rings. The molecule has 80 valence electrons. The molecular weight excluding hydrogens is 212 g/mol. The summed E-state index contributed by atoms with van der Waals surface area (Å²) in [6.07, 6.45) is 6.02. The summed E-state index contributed by atoms with van der Waals surface area (Å²) in [5.41, 5.74) is 2.08. The van der Waals surface area contributed by atoms with Gasteiger partial charge in [-0.1, -0.05) is 0 Å². The molecule has 1 N–H and O–H groups in total. The van der Waals surface area contributed by atoms with Crippen LogP contribution in [0.25, 0.3) is 0 Å². The molecule has 0 spiro atoms. The molecule has 0 radical (unpaired) electrons. The van der Waals surface area contributed by atoms with Gasteiger partial charge in [0.05, 0.1) is 0 Å². The number of aromatic carboxylic acids is 1. The predicted octanol–water partition coefficient (Wildman–Crippen LogP) is 1.78. The van der Waals surface area contributed by atoms with Gasteiger partial charge >= 0.3 is 5.97 Å². The van der Waals surface area contributed by atoms with Crippen LogP contribution in [0.4, 0.5) is 0 Å². The van der Waals surface area contributed by atoms with E-state index in [1.807, 2.05) is 6.26 Å². The van der Waals surface area contributed by atoms with Crippen molar-refractivity contribution >= 4 is 17.7 Å².